The first kappa shape index (κ1) is 12.9. The average Bonchev–Trinajstić information content (AvgIpc) is 2.85. The van der Waals surface area contributed by atoms with Gasteiger partial charge in [0.05, 0.1) is 7.11 Å². The molecule has 0 aliphatic rings. The molecule has 0 saturated heterocycles. The second-order valence-corrected chi connectivity index (χ2v) is 4.80. The summed E-state index contributed by atoms with van der Waals surface area (Å²) in [5.74, 6) is -0.166. The molecule has 18 heavy (non-hydrogen) atoms. The third-order valence-electron chi connectivity index (χ3n) is 2.46. The summed E-state index contributed by atoms with van der Waals surface area (Å²) in [6.45, 7) is 0.638. The van der Waals surface area contributed by atoms with Crippen molar-refractivity contribution < 1.29 is 9.13 Å². The summed E-state index contributed by atoms with van der Waals surface area (Å²) in [4.78, 5) is 0. The van der Waals surface area contributed by atoms with Crippen LogP contribution in [0, 0.1) is 5.82 Å². The number of ether oxygens (including phenoxy) is 1. The molecule has 2 rings (SSSR count). The highest BCUT2D eigenvalue weighted by Crippen LogP contribution is 2.28. The van der Waals surface area contributed by atoms with E-state index in [1.165, 1.54) is 24.5 Å². The first-order valence-electron chi connectivity index (χ1n) is 5.61. The van der Waals surface area contributed by atoms with Gasteiger partial charge in [-0.1, -0.05) is 11.3 Å². The molecule has 2 aromatic rings. The smallest absolute Gasteiger partial charge is 0.165 e. The van der Waals surface area contributed by atoms with E-state index in [2.05, 4.69) is 10.2 Å². The maximum absolute atomic E-state index is 13.3. The molecule has 0 bridgehead atoms. The number of nitrogens with two attached hydrogens (primary N) is 1. The van der Waals surface area contributed by atoms with Gasteiger partial charge in [0.2, 0.25) is 0 Å². The van der Waals surface area contributed by atoms with E-state index in [4.69, 9.17) is 10.5 Å². The van der Waals surface area contributed by atoms with Crippen molar-refractivity contribution in [2.75, 3.05) is 13.7 Å². The fraction of sp³-hybridized carbons (Fsp3) is 0.333. The van der Waals surface area contributed by atoms with E-state index in [1.54, 1.807) is 12.1 Å². The van der Waals surface area contributed by atoms with Gasteiger partial charge in [0.1, 0.15) is 10.0 Å². The van der Waals surface area contributed by atoms with Crippen LogP contribution in [0.15, 0.2) is 18.2 Å². The number of halogens is 1. The summed E-state index contributed by atoms with van der Waals surface area (Å²) in [5, 5.41) is 9.89. The second-order valence-electron chi connectivity index (χ2n) is 3.74. The molecular formula is C12H14FN3OS. The normalized spacial score (nSPS) is 10.6. The standard InChI is InChI=1S/C12H14FN3OS/c1-17-10-7-8(4-5-9(10)13)12-16-15-11(18-12)3-2-6-14/h4-5,7H,2-3,6,14H2,1H3. The van der Waals surface area contributed by atoms with Crippen LogP contribution in [0.25, 0.3) is 10.6 Å². The Morgan fingerprint density at radius 3 is 2.94 bits per heavy atom. The average molecular weight is 267 g/mol. The molecule has 0 spiro atoms. The number of methoxy groups -OCH3 is 1. The summed E-state index contributed by atoms with van der Waals surface area (Å²) in [5.41, 5.74) is 6.26. The molecule has 0 fully saturated rings. The Kier molecular flexibility index (Phi) is 4.22. The van der Waals surface area contributed by atoms with E-state index in [9.17, 15) is 4.39 Å². The number of aryl methyl sites for hydroxylation is 1. The molecule has 0 atom stereocenters. The highest BCUT2D eigenvalue weighted by atomic mass is 32.1. The largest absolute Gasteiger partial charge is 0.494 e. The van der Waals surface area contributed by atoms with E-state index in [0.29, 0.717) is 6.54 Å². The van der Waals surface area contributed by atoms with Gasteiger partial charge in [-0.3, -0.25) is 0 Å². The van der Waals surface area contributed by atoms with Crippen LogP contribution in [0.1, 0.15) is 11.4 Å². The molecule has 4 nitrogen and oxygen atoms in total. The summed E-state index contributed by atoms with van der Waals surface area (Å²) < 4.78 is 18.2. The Morgan fingerprint density at radius 2 is 2.22 bits per heavy atom. The lowest BCUT2D eigenvalue weighted by molar-refractivity contribution is 0.387. The molecule has 0 aliphatic heterocycles. The van der Waals surface area contributed by atoms with Gasteiger partial charge >= 0.3 is 0 Å². The fourth-order valence-electron chi connectivity index (χ4n) is 1.52. The Balaban J connectivity index is 2.23. The van der Waals surface area contributed by atoms with Gasteiger partial charge in [-0.05, 0) is 31.2 Å². The van der Waals surface area contributed by atoms with E-state index >= 15 is 0 Å². The van der Waals surface area contributed by atoms with Crippen molar-refractivity contribution in [3.8, 4) is 16.3 Å². The molecule has 1 aromatic heterocycles. The topological polar surface area (TPSA) is 61.0 Å². The van der Waals surface area contributed by atoms with Crippen molar-refractivity contribution >= 4 is 11.3 Å². The van der Waals surface area contributed by atoms with Crippen molar-refractivity contribution in [1.29, 1.82) is 0 Å². The monoisotopic (exact) mass is 267 g/mol. The third-order valence-corrected chi connectivity index (χ3v) is 3.49. The predicted octanol–water partition coefficient (Wildman–Crippen LogP) is 2.24. The van der Waals surface area contributed by atoms with Crippen molar-refractivity contribution in [2.24, 2.45) is 5.73 Å². The summed E-state index contributed by atoms with van der Waals surface area (Å²) in [7, 11) is 1.44. The molecule has 1 heterocycles. The van der Waals surface area contributed by atoms with Crippen LogP contribution in [-0.2, 0) is 6.42 Å². The Morgan fingerprint density at radius 1 is 1.39 bits per heavy atom. The molecular weight excluding hydrogens is 253 g/mol. The SMILES string of the molecule is COc1cc(-c2nnc(CCCN)s2)ccc1F. The van der Waals surface area contributed by atoms with Crippen LogP contribution >= 0.6 is 11.3 Å². The molecule has 6 heteroatoms. The number of rotatable bonds is 5. The maximum atomic E-state index is 13.3. The minimum Gasteiger partial charge on any atom is -0.494 e. The van der Waals surface area contributed by atoms with Crippen LogP contribution in [0.2, 0.25) is 0 Å². The van der Waals surface area contributed by atoms with Crippen LogP contribution in [-0.4, -0.2) is 23.9 Å². The number of hydrogen-bond donors (Lipinski definition) is 1. The van der Waals surface area contributed by atoms with Gasteiger partial charge in [-0.25, -0.2) is 4.39 Å². The minimum atomic E-state index is -0.380. The molecule has 0 radical (unpaired) electrons. The molecule has 0 saturated carbocycles. The maximum Gasteiger partial charge on any atom is 0.165 e. The lowest BCUT2D eigenvalue weighted by Gasteiger charge is -2.02. The number of benzene rings is 1. The van der Waals surface area contributed by atoms with Crippen molar-refractivity contribution in [1.82, 2.24) is 10.2 Å². The number of hydrogen-bond acceptors (Lipinski definition) is 5. The van der Waals surface area contributed by atoms with E-state index in [-0.39, 0.29) is 11.6 Å². The van der Waals surface area contributed by atoms with Crippen LogP contribution in [0.4, 0.5) is 4.39 Å². The van der Waals surface area contributed by atoms with Gasteiger partial charge in [0, 0.05) is 12.0 Å². The number of aromatic nitrogens is 2. The molecule has 0 amide bonds. The van der Waals surface area contributed by atoms with Gasteiger partial charge in [-0.2, -0.15) is 0 Å². The minimum absolute atomic E-state index is 0.214. The Bertz CT molecular complexity index is 530. The van der Waals surface area contributed by atoms with Gasteiger partial charge in [-0.15, -0.1) is 10.2 Å². The first-order valence-corrected chi connectivity index (χ1v) is 6.42. The van der Waals surface area contributed by atoms with Crippen LogP contribution in [0.3, 0.4) is 0 Å². The lowest BCUT2D eigenvalue weighted by atomic mass is 10.2. The highest BCUT2D eigenvalue weighted by Gasteiger charge is 2.09. The van der Waals surface area contributed by atoms with Gasteiger partial charge in [0.25, 0.3) is 0 Å². The van der Waals surface area contributed by atoms with Crippen molar-refractivity contribution in [3.63, 3.8) is 0 Å². The van der Waals surface area contributed by atoms with E-state index in [0.717, 1.165) is 28.4 Å². The molecule has 0 aliphatic carbocycles. The van der Waals surface area contributed by atoms with Gasteiger partial charge in [0.15, 0.2) is 11.6 Å². The molecule has 2 N–H and O–H groups in total. The second kappa shape index (κ2) is 5.88. The third kappa shape index (κ3) is 2.83. The Labute approximate surface area is 109 Å². The lowest BCUT2D eigenvalue weighted by Crippen LogP contribution is -1.99. The van der Waals surface area contributed by atoms with Gasteiger partial charge < -0.3 is 10.5 Å². The Hall–Kier alpha value is -1.53. The summed E-state index contributed by atoms with van der Waals surface area (Å²) >= 11 is 1.50. The van der Waals surface area contributed by atoms with Crippen LogP contribution in [0.5, 0.6) is 5.75 Å². The van der Waals surface area contributed by atoms with E-state index < -0.39 is 0 Å². The molecule has 0 unspecified atom stereocenters. The zero-order valence-corrected chi connectivity index (χ0v) is 10.8. The van der Waals surface area contributed by atoms with Crippen molar-refractivity contribution in [2.45, 2.75) is 12.8 Å². The van der Waals surface area contributed by atoms with Crippen molar-refractivity contribution in [3.05, 3.63) is 29.0 Å². The first-order chi connectivity index (χ1) is 8.74. The summed E-state index contributed by atoms with van der Waals surface area (Å²) in [6, 6.07) is 4.67. The number of nitrogens with zero attached hydrogens (tertiary/aromatic N) is 2. The highest BCUT2D eigenvalue weighted by molar-refractivity contribution is 7.14. The molecule has 1 aromatic carbocycles. The quantitative estimate of drug-likeness (QED) is 0.902. The predicted molar refractivity (Wildman–Crippen MR) is 69.2 cm³/mol. The van der Waals surface area contributed by atoms with Crippen LogP contribution < -0.4 is 10.5 Å². The zero-order valence-electron chi connectivity index (χ0n) is 10.0. The summed E-state index contributed by atoms with van der Waals surface area (Å²) in [6.07, 6.45) is 1.72. The van der Waals surface area contributed by atoms with E-state index in [1.807, 2.05) is 0 Å². The fourth-order valence-corrected chi connectivity index (χ4v) is 2.40. The zero-order chi connectivity index (χ0) is 13.0. The molecule has 96 valence electrons.